The van der Waals surface area contributed by atoms with Crippen LogP contribution >= 0.6 is 0 Å². The van der Waals surface area contributed by atoms with Crippen molar-refractivity contribution in [1.29, 1.82) is 0 Å². The van der Waals surface area contributed by atoms with E-state index in [9.17, 15) is 9.90 Å². The summed E-state index contributed by atoms with van der Waals surface area (Å²) in [6.45, 7) is 6.09. The molecule has 146 valence electrons. The molecule has 0 spiro atoms. The molecular weight excluding hydrogens is 346 g/mol. The zero-order chi connectivity index (χ0) is 19.4. The number of ether oxygens (including phenoxy) is 1. The molecule has 2 aromatic rings. The molecule has 1 aliphatic rings. The minimum Gasteiger partial charge on any atom is -0.497 e. The van der Waals surface area contributed by atoms with E-state index in [0.717, 1.165) is 37.2 Å². The van der Waals surface area contributed by atoms with Crippen LogP contribution in [0.3, 0.4) is 0 Å². The molecule has 0 radical (unpaired) electrons. The molecular formula is C20H27N3O4. The number of hydrogen-bond donors (Lipinski definition) is 2. The number of benzene rings is 1. The lowest BCUT2D eigenvalue weighted by molar-refractivity contribution is 0.0748. The number of hydrogen-bond acceptors (Lipinski definition) is 6. The van der Waals surface area contributed by atoms with Gasteiger partial charge in [0.1, 0.15) is 5.75 Å². The number of aliphatic hydroxyl groups is 1. The topological polar surface area (TPSA) is 87.8 Å². The Kier molecular flexibility index (Phi) is 5.82. The van der Waals surface area contributed by atoms with E-state index in [4.69, 9.17) is 9.26 Å². The molecule has 1 fully saturated rings. The first-order valence-corrected chi connectivity index (χ1v) is 9.20. The summed E-state index contributed by atoms with van der Waals surface area (Å²) in [6.07, 6.45) is 1.31. The Morgan fingerprint density at radius 3 is 2.63 bits per heavy atom. The van der Waals surface area contributed by atoms with E-state index in [2.05, 4.69) is 15.4 Å². The summed E-state index contributed by atoms with van der Waals surface area (Å²) in [7, 11) is 1.62. The van der Waals surface area contributed by atoms with Gasteiger partial charge >= 0.3 is 0 Å². The Morgan fingerprint density at radius 1 is 1.33 bits per heavy atom. The lowest BCUT2D eigenvalue weighted by atomic mass is 9.94. The van der Waals surface area contributed by atoms with Crippen molar-refractivity contribution in [2.24, 2.45) is 0 Å². The van der Waals surface area contributed by atoms with Crippen molar-refractivity contribution in [2.45, 2.75) is 44.9 Å². The molecule has 0 atom stereocenters. The highest BCUT2D eigenvalue weighted by Crippen LogP contribution is 2.23. The molecule has 27 heavy (non-hydrogen) atoms. The number of aromatic nitrogens is 1. The zero-order valence-electron chi connectivity index (χ0n) is 16.1. The average molecular weight is 373 g/mol. The number of nitrogens with one attached hydrogen (secondary N) is 1. The predicted molar refractivity (Wildman–Crippen MR) is 101 cm³/mol. The van der Waals surface area contributed by atoms with Crippen LogP contribution in [0.5, 0.6) is 5.75 Å². The number of methoxy groups -OCH3 is 1. The third-order valence-corrected chi connectivity index (χ3v) is 4.97. The van der Waals surface area contributed by atoms with E-state index in [1.54, 1.807) is 13.2 Å². The summed E-state index contributed by atoms with van der Waals surface area (Å²) in [6, 6.07) is 9.28. The fraction of sp³-hybridized carbons (Fsp3) is 0.500. The summed E-state index contributed by atoms with van der Waals surface area (Å²) in [5, 5.41) is 16.5. The van der Waals surface area contributed by atoms with E-state index in [-0.39, 0.29) is 17.7 Å². The highest BCUT2D eigenvalue weighted by atomic mass is 16.5. The number of nitrogens with zero attached hydrogens (tertiary/aromatic N) is 2. The minimum absolute atomic E-state index is 0.211. The second-order valence-corrected chi connectivity index (χ2v) is 7.49. The fourth-order valence-corrected chi connectivity index (χ4v) is 3.22. The van der Waals surface area contributed by atoms with Gasteiger partial charge in [-0.15, -0.1) is 0 Å². The standard InChI is InChI=1S/C20H27N3O4/c1-20(2,14-4-6-16(26-3)7-5-14)21-19(25)18-12-17(27-22-18)13-23-10-8-15(24)9-11-23/h4-7,12,15,24H,8-11,13H2,1-3H3,(H,21,25). The molecule has 1 aliphatic heterocycles. The smallest absolute Gasteiger partial charge is 0.274 e. The lowest BCUT2D eigenvalue weighted by Crippen LogP contribution is -2.41. The van der Waals surface area contributed by atoms with Gasteiger partial charge in [-0.3, -0.25) is 9.69 Å². The van der Waals surface area contributed by atoms with Crippen LogP contribution in [0.25, 0.3) is 0 Å². The number of likely N-dealkylation sites (tertiary alicyclic amines) is 1. The normalized spacial score (nSPS) is 16.3. The van der Waals surface area contributed by atoms with Crippen LogP contribution in [0, 0.1) is 0 Å². The quantitative estimate of drug-likeness (QED) is 0.808. The molecule has 7 heteroatoms. The number of carbonyl (C=O) groups excluding carboxylic acids is 1. The maximum Gasteiger partial charge on any atom is 0.274 e. The third kappa shape index (κ3) is 4.87. The van der Waals surface area contributed by atoms with Crippen LogP contribution in [-0.2, 0) is 12.1 Å². The van der Waals surface area contributed by atoms with E-state index >= 15 is 0 Å². The van der Waals surface area contributed by atoms with Crippen LogP contribution in [-0.4, -0.2) is 47.4 Å². The molecule has 7 nitrogen and oxygen atoms in total. The van der Waals surface area contributed by atoms with Crippen LogP contribution in [0.1, 0.15) is 48.5 Å². The molecule has 0 saturated carbocycles. The zero-order valence-corrected chi connectivity index (χ0v) is 16.1. The molecule has 1 amide bonds. The second-order valence-electron chi connectivity index (χ2n) is 7.49. The summed E-state index contributed by atoms with van der Waals surface area (Å²) in [5.41, 5.74) is 0.668. The lowest BCUT2D eigenvalue weighted by Gasteiger charge is -2.28. The van der Waals surface area contributed by atoms with E-state index in [1.807, 2.05) is 38.1 Å². The molecule has 0 unspecified atom stereocenters. The van der Waals surface area contributed by atoms with Gasteiger partial charge in [0.2, 0.25) is 0 Å². The summed E-state index contributed by atoms with van der Waals surface area (Å²) in [4.78, 5) is 14.8. The highest BCUT2D eigenvalue weighted by Gasteiger charge is 2.26. The van der Waals surface area contributed by atoms with Crippen LogP contribution < -0.4 is 10.1 Å². The maximum absolute atomic E-state index is 12.6. The molecule has 1 saturated heterocycles. The van der Waals surface area contributed by atoms with Gasteiger partial charge in [-0.25, -0.2) is 0 Å². The summed E-state index contributed by atoms with van der Waals surface area (Å²) in [5.74, 6) is 1.14. The van der Waals surface area contributed by atoms with Gasteiger partial charge in [0, 0.05) is 19.2 Å². The van der Waals surface area contributed by atoms with Crippen LogP contribution in [0.15, 0.2) is 34.9 Å². The first kappa shape index (κ1) is 19.4. The van der Waals surface area contributed by atoms with Gasteiger partial charge in [0.25, 0.3) is 5.91 Å². The van der Waals surface area contributed by atoms with Crippen molar-refractivity contribution in [3.8, 4) is 5.75 Å². The van der Waals surface area contributed by atoms with Gasteiger partial charge in [0.05, 0.1) is 25.3 Å². The largest absolute Gasteiger partial charge is 0.497 e. The number of piperidine rings is 1. The van der Waals surface area contributed by atoms with Crippen molar-refractivity contribution in [3.05, 3.63) is 47.3 Å². The Morgan fingerprint density at radius 2 is 2.00 bits per heavy atom. The molecule has 0 bridgehead atoms. The van der Waals surface area contributed by atoms with Gasteiger partial charge in [0.15, 0.2) is 11.5 Å². The second kappa shape index (κ2) is 8.10. The average Bonchev–Trinajstić information content (AvgIpc) is 3.12. The molecule has 0 aliphatic carbocycles. The van der Waals surface area contributed by atoms with E-state index in [1.165, 1.54) is 0 Å². The van der Waals surface area contributed by atoms with E-state index < -0.39 is 5.54 Å². The van der Waals surface area contributed by atoms with Crippen molar-refractivity contribution in [3.63, 3.8) is 0 Å². The monoisotopic (exact) mass is 373 g/mol. The first-order valence-electron chi connectivity index (χ1n) is 9.20. The van der Waals surface area contributed by atoms with Crippen molar-refractivity contribution in [1.82, 2.24) is 15.4 Å². The van der Waals surface area contributed by atoms with Crippen molar-refractivity contribution >= 4 is 5.91 Å². The van der Waals surface area contributed by atoms with Crippen LogP contribution in [0.2, 0.25) is 0 Å². The molecule has 1 aromatic carbocycles. The molecule has 1 aromatic heterocycles. The SMILES string of the molecule is COc1ccc(C(C)(C)NC(=O)c2cc(CN3CCC(O)CC3)on2)cc1. The first-order chi connectivity index (χ1) is 12.9. The van der Waals surface area contributed by atoms with Gasteiger partial charge in [-0.05, 0) is 44.4 Å². The molecule has 2 N–H and O–H groups in total. The Bertz CT molecular complexity index is 762. The van der Waals surface area contributed by atoms with Crippen molar-refractivity contribution in [2.75, 3.05) is 20.2 Å². The number of rotatable bonds is 6. The van der Waals surface area contributed by atoms with Gasteiger partial charge < -0.3 is 19.7 Å². The Balaban J connectivity index is 1.61. The Labute approximate surface area is 159 Å². The molecule has 3 rings (SSSR count). The number of amides is 1. The van der Waals surface area contributed by atoms with Gasteiger partial charge in [-0.1, -0.05) is 17.3 Å². The number of carbonyl (C=O) groups is 1. The van der Waals surface area contributed by atoms with Crippen LogP contribution in [0.4, 0.5) is 0 Å². The predicted octanol–water partition coefficient (Wildman–Crippen LogP) is 2.31. The highest BCUT2D eigenvalue weighted by molar-refractivity contribution is 5.92. The maximum atomic E-state index is 12.6. The third-order valence-electron chi connectivity index (χ3n) is 4.97. The summed E-state index contributed by atoms with van der Waals surface area (Å²) < 4.78 is 10.5. The number of aliphatic hydroxyl groups excluding tert-OH is 1. The summed E-state index contributed by atoms with van der Waals surface area (Å²) >= 11 is 0. The van der Waals surface area contributed by atoms with Gasteiger partial charge in [-0.2, -0.15) is 0 Å². The molecule has 2 heterocycles. The van der Waals surface area contributed by atoms with Crippen molar-refractivity contribution < 1.29 is 19.2 Å². The Hall–Kier alpha value is -2.38. The van der Waals surface area contributed by atoms with E-state index in [0.29, 0.717) is 12.3 Å². The minimum atomic E-state index is -0.564. The fourth-order valence-electron chi connectivity index (χ4n) is 3.22.